The maximum atomic E-state index is 12.6. The predicted octanol–water partition coefficient (Wildman–Crippen LogP) is 5.45. The molecule has 0 heterocycles. The fourth-order valence-electron chi connectivity index (χ4n) is 3.62. The average Bonchev–Trinajstić information content (AvgIpc) is 2.58. The molecule has 0 spiro atoms. The Kier molecular flexibility index (Phi) is 6.42. The van der Waals surface area contributed by atoms with E-state index in [-0.39, 0.29) is 23.3 Å². The molecule has 1 aliphatic carbocycles. The Morgan fingerprint density at radius 2 is 1.65 bits per heavy atom. The van der Waals surface area contributed by atoms with Crippen LogP contribution in [0.15, 0.2) is 18.2 Å². The minimum atomic E-state index is -0.0328. The number of carbonyl (C=O) groups is 1. The Morgan fingerprint density at radius 1 is 1.04 bits per heavy atom. The summed E-state index contributed by atoms with van der Waals surface area (Å²) < 4.78 is 6.01. The van der Waals surface area contributed by atoms with E-state index in [2.05, 4.69) is 53.7 Å². The van der Waals surface area contributed by atoms with Crippen LogP contribution in [0.2, 0.25) is 0 Å². The van der Waals surface area contributed by atoms with E-state index in [1.807, 2.05) is 18.0 Å². The zero-order valence-electron chi connectivity index (χ0n) is 17.8. The molecule has 0 aromatic heterocycles. The van der Waals surface area contributed by atoms with Crippen LogP contribution in [0.3, 0.4) is 0 Å². The molecule has 1 fully saturated rings. The maximum Gasteiger partial charge on any atom is 0.260 e. The predicted molar refractivity (Wildman–Crippen MR) is 109 cm³/mol. The molecule has 1 amide bonds. The van der Waals surface area contributed by atoms with Gasteiger partial charge in [0.15, 0.2) is 6.61 Å². The van der Waals surface area contributed by atoms with Gasteiger partial charge in [0.05, 0.1) is 0 Å². The second kappa shape index (κ2) is 8.02. The molecule has 146 valence electrons. The van der Waals surface area contributed by atoms with E-state index in [0.29, 0.717) is 6.04 Å². The van der Waals surface area contributed by atoms with Gasteiger partial charge in [-0.05, 0) is 40.9 Å². The third kappa shape index (κ3) is 5.25. The lowest BCUT2D eigenvalue weighted by atomic mass is 9.80. The number of likely N-dealkylation sites (N-methyl/N-ethyl adjacent to an activating group) is 1. The molecule has 1 saturated carbocycles. The Labute approximate surface area is 160 Å². The molecule has 0 atom stereocenters. The van der Waals surface area contributed by atoms with Gasteiger partial charge in [-0.15, -0.1) is 0 Å². The monoisotopic (exact) mass is 359 g/mol. The van der Waals surface area contributed by atoms with E-state index >= 15 is 0 Å². The smallest absolute Gasteiger partial charge is 0.260 e. The number of carbonyl (C=O) groups excluding carboxylic acids is 1. The van der Waals surface area contributed by atoms with Gasteiger partial charge in [-0.25, -0.2) is 0 Å². The van der Waals surface area contributed by atoms with Crippen LogP contribution in [0.5, 0.6) is 5.75 Å². The molecule has 0 aliphatic heterocycles. The first-order chi connectivity index (χ1) is 12.0. The standard InChI is InChI=1S/C23H37NO2/c1-22(2,3)17-13-14-20(19(15-17)23(4,5)6)26-16-21(25)24(7)18-11-9-8-10-12-18/h13-15,18H,8-12,16H2,1-7H3. The lowest BCUT2D eigenvalue weighted by Gasteiger charge is -2.31. The topological polar surface area (TPSA) is 29.5 Å². The highest BCUT2D eigenvalue weighted by Gasteiger charge is 2.25. The van der Waals surface area contributed by atoms with Gasteiger partial charge in [-0.3, -0.25) is 4.79 Å². The van der Waals surface area contributed by atoms with Gasteiger partial charge < -0.3 is 9.64 Å². The van der Waals surface area contributed by atoms with Crippen molar-refractivity contribution in [1.82, 2.24) is 4.90 Å². The number of hydrogen-bond acceptors (Lipinski definition) is 2. The summed E-state index contributed by atoms with van der Waals surface area (Å²) in [6, 6.07) is 6.78. The number of ether oxygens (including phenoxy) is 1. The average molecular weight is 360 g/mol. The van der Waals surface area contributed by atoms with Gasteiger partial charge in [0.25, 0.3) is 5.91 Å². The summed E-state index contributed by atoms with van der Waals surface area (Å²) in [6.45, 7) is 13.4. The van der Waals surface area contributed by atoms with Crippen molar-refractivity contribution in [1.29, 1.82) is 0 Å². The first kappa shape index (κ1) is 20.8. The highest BCUT2D eigenvalue weighted by Crippen LogP contribution is 2.35. The zero-order chi connectivity index (χ0) is 19.5. The van der Waals surface area contributed by atoms with Crippen molar-refractivity contribution in [2.75, 3.05) is 13.7 Å². The molecule has 1 aromatic rings. The van der Waals surface area contributed by atoms with E-state index < -0.39 is 0 Å². The minimum Gasteiger partial charge on any atom is -0.483 e. The normalized spacial score (nSPS) is 16.4. The van der Waals surface area contributed by atoms with Crippen LogP contribution >= 0.6 is 0 Å². The zero-order valence-corrected chi connectivity index (χ0v) is 17.8. The van der Waals surface area contributed by atoms with Gasteiger partial charge in [0.2, 0.25) is 0 Å². The van der Waals surface area contributed by atoms with Gasteiger partial charge in [0.1, 0.15) is 5.75 Å². The van der Waals surface area contributed by atoms with E-state index in [1.54, 1.807) is 0 Å². The summed E-state index contributed by atoms with van der Waals surface area (Å²) in [5, 5.41) is 0. The second-order valence-corrected chi connectivity index (χ2v) is 9.80. The molecule has 2 rings (SSSR count). The number of rotatable bonds is 4. The molecule has 0 N–H and O–H groups in total. The van der Waals surface area contributed by atoms with Crippen LogP contribution in [0.25, 0.3) is 0 Å². The number of hydrogen-bond donors (Lipinski definition) is 0. The van der Waals surface area contributed by atoms with Crippen molar-refractivity contribution in [3.05, 3.63) is 29.3 Å². The minimum absolute atomic E-state index is 0.0328. The summed E-state index contributed by atoms with van der Waals surface area (Å²) in [4.78, 5) is 14.5. The van der Waals surface area contributed by atoms with Crippen LogP contribution < -0.4 is 4.74 Å². The molecular formula is C23H37NO2. The molecule has 0 unspecified atom stereocenters. The lowest BCUT2D eigenvalue weighted by Crippen LogP contribution is -2.40. The van der Waals surface area contributed by atoms with E-state index in [0.717, 1.165) is 24.2 Å². The first-order valence-corrected chi connectivity index (χ1v) is 10.0. The van der Waals surface area contributed by atoms with Crippen molar-refractivity contribution in [3.63, 3.8) is 0 Å². The first-order valence-electron chi connectivity index (χ1n) is 10.0. The van der Waals surface area contributed by atoms with Crippen LogP contribution in [0.1, 0.15) is 84.8 Å². The Hall–Kier alpha value is -1.51. The van der Waals surface area contributed by atoms with Crippen LogP contribution in [-0.4, -0.2) is 30.5 Å². The molecule has 0 bridgehead atoms. The fourth-order valence-corrected chi connectivity index (χ4v) is 3.62. The molecule has 1 aromatic carbocycles. The molecule has 0 radical (unpaired) electrons. The van der Waals surface area contributed by atoms with E-state index in [9.17, 15) is 4.79 Å². The summed E-state index contributed by atoms with van der Waals surface area (Å²) >= 11 is 0. The summed E-state index contributed by atoms with van der Waals surface area (Å²) in [5.41, 5.74) is 2.52. The SMILES string of the molecule is CN(C(=O)COc1ccc(C(C)(C)C)cc1C(C)(C)C)C1CCCCC1. The van der Waals surface area contributed by atoms with Gasteiger partial charge >= 0.3 is 0 Å². The maximum absolute atomic E-state index is 12.6. The van der Waals surface area contributed by atoms with Crippen molar-refractivity contribution in [2.24, 2.45) is 0 Å². The van der Waals surface area contributed by atoms with Crippen molar-refractivity contribution >= 4 is 5.91 Å². The summed E-state index contributed by atoms with van der Waals surface area (Å²) in [6.07, 6.45) is 5.99. The highest BCUT2D eigenvalue weighted by atomic mass is 16.5. The fraction of sp³-hybridized carbons (Fsp3) is 0.696. The summed E-state index contributed by atoms with van der Waals surface area (Å²) in [5.74, 6) is 0.910. The quantitative estimate of drug-likeness (QED) is 0.715. The van der Waals surface area contributed by atoms with Gasteiger partial charge in [-0.2, -0.15) is 0 Å². The molecule has 0 saturated heterocycles. The van der Waals surface area contributed by atoms with Crippen molar-refractivity contribution < 1.29 is 9.53 Å². The van der Waals surface area contributed by atoms with Gasteiger partial charge in [-0.1, -0.05) is 72.9 Å². The van der Waals surface area contributed by atoms with E-state index in [4.69, 9.17) is 4.74 Å². The number of amides is 1. The number of benzene rings is 1. The van der Waals surface area contributed by atoms with Crippen molar-refractivity contribution in [3.8, 4) is 5.75 Å². The van der Waals surface area contributed by atoms with Crippen LogP contribution in [0, 0.1) is 0 Å². The van der Waals surface area contributed by atoms with Crippen LogP contribution in [-0.2, 0) is 15.6 Å². The van der Waals surface area contributed by atoms with E-state index in [1.165, 1.54) is 24.8 Å². The Morgan fingerprint density at radius 3 is 2.19 bits per heavy atom. The molecule has 3 heteroatoms. The molecule has 3 nitrogen and oxygen atoms in total. The Balaban J connectivity index is 2.12. The third-order valence-electron chi connectivity index (χ3n) is 5.52. The van der Waals surface area contributed by atoms with Gasteiger partial charge in [0, 0.05) is 13.1 Å². The third-order valence-corrected chi connectivity index (χ3v) is 5.52. The largest absolute Gasteiger partial charge is 0.483 e. The molecule has 1 aliphatic rings. The lowest BCUT2D eigenvalue weighted by molar-refractivity contribution is -0.134. The number of nitrogens with zero attached hydrogens (tertiary/aromatic N) is 1. The molecular weight excluding hydrogens is 322 g/mol. The molecule has 26 heavy (non-hydrogen) atoms. The Bertz CT molecular complexity index is 616. The van der Waals surface area contributed by atoms with Crippen LogP contribution in [0.4, 0.5) is 0 Å². The van der Waals surface area contributed by atoms with Crippen molar-refractivity contribution in [2.45, 2.75) is 90.5 Å². The second-order valence-electron chi connectivity index (χ2n) is 9.80. The highest BCUT2D eigenvalue weighted by molar-refractivity contribution is 5.77. The summed E-state index contributed by atoms with van der Waals surface area (Å²) in [7, 11) is 1.93.